The number of rotatable bonds is 6. The zero-order valence-corrected chi connectivity index (χ0v) is 20.9. The van der Waals surface area contributed by atoms with Gasteiger partial charge in [-0.1, -0.05) is 46.6 Å². The Kier molecular flexibility index (Phi) is 7.44. The number of carbonyl (C=O) groups excluding carboxylic acids is 1. The maximum atomic E-state index is 14.3. The molecule has 0 radical (unpaired) electrons. The average Bonchev–Trinajstić information content (AvgIpc) is 3.31. The lowest BCUT2D eigenvalue weighted by Gasteiger charge is -2.29. The number of aromatic nitrogens is 1. The van der Waals surface area contributed by atoms with Crippen LogP contribution in [0, 0.1) is 11.3 Å². The summed E-state index contributed by atoms with van der Waals surface area (Å²) in [6.45, 7) is 1.76. The van der Waals surface area contributed by atoms with Gasteiger partial charge in [-0.2, -0.15) is 18.4 Å². The van der Waals surface area contributed by atoms with Crippen LogP contribution in [0.15, 0.2) is 65.9 Å². The van der Waals surface area contributed by atoms with E-state index in [4.69, 9.17) is 28.0 Å². The van der Waals surface area contributed by atoms with E-state index >= 15 is 0 Å². The van der Waals surface area contributed by atoms with Crippen molar-refractivity contribution >= 4 is 34.8 Å². The molecule has 1 amide bonds. The molecule has 1 unspecified atom stereocenters. The van der Waals surface area contributed by atoms with Gasteiger partial charge in [0.05, 0.1) is 29.6 Å². The fraction of sp³-hybridized carbons (Fsp3) is 0.231. The highest BCUT2D eigenvalue weighted by Crippen LogP contribution is 2.49. The SMILES string of the molecule is CC(=O)N(Cc1ccccn1)Cc1ccc(C2=NOC(c3cc(Cl)cc(Cl)c3)(C(F)(F)F)C2)cc1C#N. The molecule has 0 N–H and O–H groups in total. The van der Waals surface area contributed by atoms with Crippen molar-refractivity contribution in [2.24, 2.45) is 5.16 Å². The number of alkyl halides is 3. The van der Waals surface area contributed by atoms with Crippen LogP contribution in [0.5, 0.6) is 0 Å². The topological polar surface area (TPSA) is 78.6 Å². The zero-order valence-electron chi connectivity index (χ0n) is 19.4. The number of hydrogen-bond donors (Lipinski definition) is 0. The highest BCUT2D eigenvalue weighted by Gasteiger charge is 2.62. The van der Waals surface area contributed by atoms with Gasteiger partial charge in [-0.25, -0.2) is 0 Å². The van der Waals surface area contributed by atoms with Crippen LogP contribution in [0.2, 0.25) is 10.0 Å². The molecule has 0 bridgehead atoms. The van der Waals surface area contributed by atoms with Crippen molar-refractivity contribution in [1.82, 2.24) is 9.88 Å². The molecule has 4 rings (SSSR count). The fourth-order valence-corrected chi connectivity index (χ4v) is 4.54. The van der Waals surface area contributed by atoms with E-state index in [9.17, 15) is 23.2 Å². The molecule has 190 valence electrons. The summed E-state index contributed by atoms with van der Waals surface area (Å²) in [6, 6.07) is 15.6. The monoisotopic (exact) mass is 546 g/mol. The number of nitrogens with zero attached hydrogens (tertiary/aromatic N) is 4. The number of halogens is 5. The maximum Gasteiger partial charge on any atom is 0.435 e. The molecule has 1 aliphatic heterocycles. The normalized spacial score (nSPS) is 17.1. The second kappa shape index (κ2) is 10.4. The van der Waals surface area contributed by atoms with Crippen LogP contribution in [-0.2, 0) is 28.3 Å². The molecule has 1 atom stereocenters. The first-order valence-corrected chi connectivity index (χ1v) is 11.7. The average molecular weight is 547 g/mol. The molecule has 2 aromatic carbocycles. The Morgan fingerprint density at radius 1 is 1.14 bits per heavy atom. The van der Waals surface area contributed by atoms with E-state index < -0.39 is 18.2 Å². The molecule has 0 fully saturated rings. The van der Waals surface area contributed by atoms with Crippen molar-refractivity contribution in [3.8, 4) is 6.07 Å². The highest BCUT2D eigenvalue weighted by molar-refractivity contribution is 6.34. The van der Waals surface area contributed by atoms with Crippen molar-refractivity contribution in [3.63, 3.8) is 0 Å². The van der Waals surface area contributed by atoms with Crippen molar-refractivity contribution in [3.05, 3.63) is 98.8 Å². The number of benzene rings is 2. The first-order valence-electron chi connectivity index (χ1n) is 11.0. The maximum absolute atomic E-state index is 14.3. The molecule has 0 saturated heterocycles. The van der Waals surface area contributed by atoms with Gasteiger partial charge in [-0.05, 0) is 42.0 Å². The molecular formula is C26H19Cl2F3N4O2. The summed E-state index contributed by atoms with van der Waals surface area (Å²) < 4.78 is 42.8. The molecule has 1 aliphatic rings. The quantitative estimate of drug-likeness (QED) is 0.358. The summed E-state index contributed by atoms with van der Waals surface area (Å²) >= 11 is 11.9. The number of hydrogen-bond acceptors (Lipinski definition) is 5. The van der Waals surface area contributed by atoms with E-state index in [1.54, 1.807) is 36.5 Å². The van der Waals surface area contributed by atoms with Gasteiger partial charge in [0.15, 0.2) is 0 Å². The van der Waals surface area contributed by atoms with E-state index in [1.807, 2.05) is 0 Å². The minimum absolute atomic E-state index is 0.00776. The summed E-state index contributed by atoms with van der Waals surface area (Å²) in [5.74, 6) is -0.220. The lowest BCUT2D eigenvalue weighted by Crippen LogP contribution is -2.42. The van der Waals surface area contributed by atoms with Crippen LogP contribution in [0.3, 0.4) is 0 Å². The molecule has 0 aliphatic carbocycles. The summed E-state index contributed by atoms with van der Waals surface area (Å²) in [6.07, 6.45) is -3.86. The number of amides is 1. The van der Waals surface area contributed by atoms with Crippen molar-refractivity contribution in [2.45, 2.75) is 38.2 Å². The first-order chi connectivity index (χ1) is 17.5. The standard InChI is InChI=1S/C26H19Cl2F3N4O2/c1-16(36)35(15-23-4-2-3-7-33-23)14-18-6-5-17(8-19(18)13-32)24-12-25(37-34-24,26(29,30)31)20-9-21(27)11-22(28)10-20/h2-11H,12,14-15H2,1H3. The van der Waals surface area contributed by atoms with Crippen LogP contribution in [0.1, 0.15) is 41.3 Å². The van der Waals surface area contributed by atoms with Gasteiger partial charge >= 0.3 is 6.18 Å². The minimum atomic E-state index is -4.84. The molecule has 11 heteroatoms. The van der Waals surface area contributed by atoms with Gasteiger partial charge in [-0.15, -0.1) is 0 Å². The molecular weight excluding hydrogens is 528 g/mol. The predicted octanol–water partition coefficient (Wildman–Crippen LogP) is 6.39. The molecule has 0 saturated carbocycles. The van der Waals surface area contributed by atoms with Gasteiger partial charge in [0.25, 0.3) is 5.60 Å². The summed E-state index contributed by atoms with van der Waals surface area (Å²) in [7, 11) is 0. The fourth-order valence-electron chi connectivity index (χ4n) is 4.01. The van der Waals surface area contributed by atoms with Crippen molar-refractivity contribution in [1.29, 1.82) is 5.26 Å². The lowest BCUT2D eigenvalue weighted by atomic mass is 9.86. The van der Waals surface area contributed by atoms with Crippen LogP contribution >= 0.6 is 23.2 Å². The molecule has 1 aromatic heterocycles. The van der Waals surface area contributed by atoms with E-state index in [0.29, 0.717) is 16.8 Å². The Morgan fingerprint density at radius 3 is 2.46 bits per heavy atom. The van der Waals surface area contributed by atoms with Crippen LogP contribution in [-0.4, -0.2) is 27.7 Å². The van der Waals surface area contributed by atoms with Gasteiger partial charge in [0.2, 0.25) is 5.91 Å². The Balaban J connectivity index is 1.61. The van der Waals surface area contributed by atoms with E-state index in [0.717, 1.165) is 12.1 Å². The van der Waals surface area contributed by atoms with Crippen LogP contribution in [0.4, 0.5) is 13.2 Å². The Morgan fingerprint density at radius 2 is 1.86 bits per heavy atom. The smallest absolute Gasteiger partial charge is 0.374 e. The first kappa shape index (κ1) is 26.5. The number of carbonyl (C=O) groups is 1. The summed E-state index contributed by atoms with van der Waals surface area (Å²) in [5.41, 5.74) is -1.36. The van der Waals surface area contributed by atoms with Crippen molar-refractivity contribution in [2.75, 3.05) is 0 Å². The van der Waals surface area contributed by atoms with E-state index in [1.165, 1.54) is 24.0 Å². The minimum Gasteiger partial charge on any atom is -0.374 e. The third kappa shape index (κ3) is 5.55. The zero-order chi connectivity index (χ0) is 26.8. The molecule has 0 spiro atoms. The highest BCUT2D eigenvalue weighted by atomic mass is 35.5. The second-order valence-corrected chi connectivity index (χ2v) is 9.34. The largest absolute Gasteiger partial charge is 0.435 e. The van der Waals surface area contributed by atoms with E-state index in [-0.39, 0.29) is 45.9 Å². The van der Waals surface area contributed by atoms with Gasteiger partial charge < -0.3 is 9.74 Å². The van der Waals surface area contributed by atoms with Gasteiger partial charge in [0.1, 0.15) is 0 Å². The Hall–Kier alpha value is -3.61. The summed E-state index contributed by atoms with van der Waals surface area (Å²) in [4.78, 5) is 23.0. The third-order valence-corrected chi connectivity index (χ3v) is 6.40. The Labute approximate surface area is 220 Å². The van der Waals surface area contributed by atoms with Crippen molar-refractivity contribution < 1.29 is 22.8 Å². The van der Waals surface area contributed by atoms with Crippen LogP contribution < -0.4 is 0 Å². The number of pyridine rings is 1. The third-order valence-electron chi connectivity index (χ3n) is 5.96. The molecule has 3 aromatic rings. The van der Waals surface area contributed by atoms with E-state index in [2.05, 4.69) is 16.2 Å². The van der Waals surface area contributed by atoms with Gasteiger partial charge in [0, 0.05) is 47.3 Å². The molecule has 2 heterocycles. The Bertz CT molecular complexity index is 1390. The number of oxime groups is 1. The van der Waals surface area contributed by atoms with Gasteiger partial charge in [-0.3, -0.25) is 9.78 Å². The number of nitriles is 1. The lowest BCUT2D eigenvalue weighted by molar-refractivity contribution is -0.275. The summed E-state index contributed by atoms with van der Waals surface area (Å²) in [5, 5.41) is 13.5. The van der Waals surface area contributed by atoms with Crippen LogP contribution in [0.25, 0.3) is 0 Å². The second-order valence-electron chi connectivity index (χ2n) is 8.47. The molecule has 37 heavy (non-hydrogen) atoms. The predicted molar refractivity (Wildman–Crippen MR) is 132 cm³/mol. The molecule has 6 nitrogen and oxygen atoms in total.